The number of rotatable bonds is 7. The summed E-state index contributed by atoms with van der Waals surface area (Å²) in [6.07, 6.45) is 1.51. The first-order chi connectivity index (χ1) is 9.06. The van der Waals surface area contributed by atoms with Gasteiger partial charge in [0.1, 0.15) is 11.6 Å². The number of hydrogen-bond acceptors (Lipinski definition) is 2. The summed E-state index contributed by atoms with van der Waals surface area (Å²) < 4.78 is 18.2. The molecule has 0 aliphatic rings. The Balaban J connectivity index is 2.42. The van der Waals surface area contributed by atoms with Gasteiger partial charge in [-0.25, -0.2) is 4.39 Å². The molecule has 1 amide bonds. The Hall–Kier alpha value is -1.58. The van der Waals surface area contributed by atoms with Crippen molar-refractivity contribution in [1.82, 2.24) is 5.32 Å². The van der Waals surface area contributed by atoms with E-state index in [0.29, 0.717) is 18.2 Å². The number of carbonyl (C=O) groups excluding carboxylic acids is 1. The van der Waals surface area contributed by atoms with Gasteiger partial charge in [0.05, 0.1) is 0 Å². The number of ether oxygens (including phenoxy) is 1. The van der Waals surface area contributed by atoms with Crippen molar-refractivity contribution in [3.05, 3.63) is 30.1 Å². The van der Waals surface area contributed by atoms with Gasteiger partial charge in [-0.05, 0) is 37.1 Å². The summed E-state index contributed by atoms with van der Waals surface area (Å²) in [6, 6.07) is 5.65. The summed E-state index contributed by atoms with van der Waals surface area (Å²) in [7, 11) is 0. The molecule has 0 heterocycles. The smallest absolute Gasteiger partial charge is 0.260 e. The standard InChI is InChI=1S/C15H22FNO2/c1-4-12(5-2)10-17-15(18)11(3)19-14-8-6-13(16)7-9-14/h6-9,11-12H,4-5,10H2,1-3H3,(H,17,18). The van der Waals surface area contributed by atoms with Crippen LogP contribution in [-0.2, 0) is 4.79 Å². The van der Waals surface area contributed by atoms with E-state index in [1.807, 2.05) is 0 Å². The van der Waals surface area contributed by atoms with Crippen LogP contribution in [0.25, 0.3) is 0 Å². The molecule has 0 radical (unpaired) electrons. The Morgan fingerprint density at radius 2 is 1.84 bits per heavy atom. The van der Waals surface area contributed by atoms with Crippen LogP contribution >= 0.6 is 0 Å². The van der Waals surface area contributed by atoms with Crippen molar-refractivity contribution in [1.29, 1.82) is 0 Å². The van der Waals surface area contributed by atoms with Gasteiger partial charge in [-0.1, -0.05) is 26.7 Å². The molecule has 0 spiro atoms. The molecule has 0 aliphatic heterocycles. The molecule has 4 heteroatoms. The van der Waals surface area contributed by atoms with E-state index in [4.69, 9.17) is 4.74 Å². The summed E-state index contributed by atoms with van der Waals surface area (Å²) >= 11 is 0. The minimum atomic E-state index is -0.583. The van der Waals surface area contributed by atoms with Gasteiger partial charge in [-0.15, -0.1) is 0 Å². The highest BCUT2D eigenvalue weighted by Gasteiger charge is 2.15. The maximum absolute atomic E-state index is 12.7. The minimum absolute atomic E-state index is 0.142. The summed E-state index contributed by atoms with van der Waals surface area (Å²) in [5, 5.41) is 2.88. The van der Waals surface area contributed by atoms with Crippen molar-refractivity contribution < 1.29 is 13.9 Å². The molecule has 0 aromatic heterocycles. The largest absolute Gasteiger partial charge is 0.481 e. The van der Waals surface area contributed by atoms with Crippen molar-refractivity contribution in [3.63, 3.8) is 0 Å². The first-order valence-corrected chi connectivity index (χ1v) is 6.76. The van der Waals surface area contributed by atoms with Crippen molar-refractivity contribution in [3.8, 4) is 5.75 Å². The molecule has 1 unspecified atom stereocenters. The quantitative estimate of drug-likeness (QED) is 0.824. The van der Waals surface area contributed by atoms with Crippen LogP contribution in [0.1, 0.15) is 33.6 Å². The maximum Gasteiger partial charge on any atom is 0.260 e. The molecule has 0 saturated heterocycles. The Morgan fingerprint density at radius 3 is 2.37 bits per heavy atom. The van der Waals surface area contributed by atoms with Crippen LogP contribution in [0, 0.1) is 11.7 Å². The molecule has 0 bridgehead atoms. The zero-order valence-corrected chi connectivity index (χ0v) is 11.8. The molecular weight excluding hydrogens is 245 g/mol. The Bertz CT molecular complexity index is 388. The highest BCUT2D eigenvalue weighted by Crippen LogP contribution is 2.13. The first-order valence-electron chi connectivity index (χ1n) is 6.76. The average Bonchev–Trinajstić information content (AvgIpc) is 2.42. The molecule has 0 fully saturated rings. The zero-order valence-electron chi connectivity index (χ0n) is 11.8. The average molecular weight is 267 g/mol. The monoisotopic (exact) mass is 267 g/mol. The van der Waals surface area contributed by atoms with E-state index in [0.717, 1.165) is 12.8 Å². The molecule has 1 aromatic rings. The van der Waals surface area contributed by atoms with Crippen LogP contribution in [0.4, 0.5) is 4.39 Å². The second-order valence-corrected chi connectivity index (χ2v) is 4.64. The van der Waals surface area contributed by atoms with Crippen LogP contribution < -0.4 is 10.1 Å². The molecule has 1 N–H and O–H groups in total. The van der Waals surface area contributed by atoms with E-state index >= 15 is 0 Å². The number of amides is 1. The van der Waals surface area contributed by atoms with Crippen molar-refractivity contribution in [2.45, 2.75) is 39.7 Å². The van der Waals surface area contributed by atoms with Crippen LogP contribution in [-0.4, -0.2) is 18.6 Å². The number of hydrogen-bond donors (Lipinski definition) is 1. The number of halogens is 1. The fourth-order valence-corrected chi connectivity index (χ4v) is 1.74. The highest BCUT2D eigenvalue weighted by atomic mass is 19.1. The van der Waals surface area contributed by atoms with Crippen molar-refractivity contribution in [2.24, 2.45) is 5.92 Å². The predicted octanol–water partition coefficient (Wildman–Crippen LogP) is 3.15. The number of carbonyl (C=O) groups is 1. The molecule has 19 heavy (non-hydrogen) atoms. The third kappa shape index (κ3) is 5.28. The van der Waals surface area contributed by atoms with Gasteiger partial charge in [0.25, 0.3) is 5.91 Å². The summed E-state index contributed by atoms with van der Waals surface area (Å²) in [4.78, 5) is 11.8. The Kier molecular flexibility index (Phi) is 6.33. The van der Waals surface area contributed by atoms with E-state index in [-0.39, 0.29) is 11.7 Å². The lowest BCUT2D eigenvalue weighted by atomic mass is 10.0. The molecular formula is C15H22FNO2. The van der Waals surface area contributed by atoms with Gasteiger partial charge in [-0.2, -0.15) is 0 Å². The fraction of sp³-hybridized carbons (Fsp3) is 0.533. The second kappa shape index (κ2) is 7.77. The van der Waals surface area contributed by atoms with Crippen LogP contribution in [0.2, 0.25) is 0 Å². The van der Waals surface area contributed by atoms with Gasteiger partial charge in [0.2, 0.25) is 0 Å². The van der Waals surface area contributed by atoms with Gasteiger partial charge < -0.3 is 10.1 Å². The van der Waals surface area contributed by atoms with Gasteiger partial charge in [0, 0.05) is 6.54 Å². The lowest BCUT2D eigenvalue weighted by molar-refractivity contribution is -0.127. The topological polar surface area (TPSA) is 38.3 Å². The summed E-state index contributed by atoms with van der Waals surface area (Å²) in [5.74, 6) is 0.531. The zero-order chi connectivity index (χ0) is 14.3. The number of benzene rings is 1. The van der Waals surface area contributed by atoms with Crippen LogP contribution in [0.3, 0.4) is 0 Å². The molecule has 1 aromatic carbocycles. The molecule has 106 valence electrons. The van der Waals surface area contributed by atoms with E-state index in [2.05, 4.69) is 19.2 Å². The SMILES string of the molecule is CCC(CC)CNC(=O)C(C)Oc1ccc(F)cc1. The number of nitrogens with one attached hydrogen (secondary N) is 1. The van der Waals surface area contributed by atoms with Gasteiger partial charge in [-0.3, -0.25) is 4.79 Å². The van der Waals surface area contributed by atoms with E-state index in [1.165, 1.54) is 24.3 Å². The van der Waals surface area contributed by atoms with E-state index < -0.39 is 6.10 Å². The normalized spacial score (nSPS) is 12.3. The Morgan fingerprint density at radius 1 is 1.26 bits per heavy atom. The fourth-order valence-electron chi connectivity index (χ4n) is 1.74. The predicted molar refractivity (Wildman–Crippen MR) is 73.6 cm³/mol. The third-order valence-electron chi connectivity index (χ3n) is 3.22. The molecule has 0 aliphatic carbocycles. The highest BCUT2D eigenvalue weighted by molar-refractivity contribution is 5.80. The lowest BCUT2D eigenvalue weighted by Gasteiger charge is -2.17. The molecule has 0 saturated carbocycles. The summed E-state index contributed by atoms with van der Waals surface area (Å²) in [6.45, 7) is 6.58. The van der Waals surface area contributed by atoms with Crippen LogP contribution in [0.15, 0.2) is 24.3 Å². The van der Waals surface area contributed by atoms with Crippen LogP contribution in [0.5, 0.6) is 5.75 Å². The van der Waals surface area contributed by atoms with Gasteiger partial charge >= 0.3 is 0 Å². The van der Waals surface area contributed by atoms with Crippen molar-refractivity contribution >= 4 is 5.91 Å². The molecule has 1 rings (SSSR count). The molecule has 1 atom stereocenters. The van der Waals surface area contributed by atoms with Gasteiger partial charge in [0.15, 0.2) is 6.10 Å². The second-order valence-electron chi connectivity index (χ2n) is 4.64. The molecule has 3 nitrogen and oxygen atoms in total. The lowest BCUT2D eigenvalue weighted by Crippen LogP contribution is -2.38. The third-order valence-corrected chi connectivity index (χ3v) is 3.22. The summed E-state index contributed by atoms with van der Waals surface area (Å²) in [5.41, 5.74) is 0. The van der Waals surface area contributed by atoms with Crippen molar-refractivity contribution in [2.75, 3.05) is 6.54 Å². The minimum Gasteiger partial charge on any atom is -0.481 e. The first kappa shape index (κ1) is 15.5. The maximum atomic E-state index is 12.7. The van der Waals surface area contributed by atoms with E-state index in [1.54, 1.807) is 6.92 Å². The van der Waals surface area contributed by atoms with E-state index in [9.17, 15) is 9.18 Å². The Labute approximate surface area is 114 Å².